The van der Waals surface area contributed by atoms with Gasteiger partial charge in [0.25, 0.3) is 0 Å². The molecule has 12 unspecified atom stereocenters. The molecule has 0 saturated carbocycles. The molecule has 2 saturated heterocycles. The highest BCUT2D eigenvalue weighted by molar-refractivity contribution is 5.76. The van der Waals surface area contributed by atoms with Crippen molar-refractivity contribution in [1.29, 1.82) is 0 Å². The van der Waals surface area contributed by atoms with Crippen molar-refractivity contribution in [2.75, 3.05) is 19.8 Å². The van der Waals surface area contributed by atoms with Gasteiger partial charge in [0.05, 0.1) is 32.0 Å². The van der Waals surface area contributed by atoms with E-state index in [2.05, 4.69) is 79.9 Å². The number of amides is 1. The molecule has 2 aliphatic heterocycles. The summed E-state index contributed by atoms with van der Waals surface area (Å²) in [4.78, 5) is 13.3. The Morgan fingerprint density at radius 3 is 1.19 bits per heavy atom. The van der Waals surface area contributed by atoms with Crippen LogP contribution in [0.5, 0.6) is 0 Å². The van der Waals surface area contributed by atoms with Crippen molar-refractivity contribution < 1.29 is 64.6 Å². The van der Waals surface area contributed by atoms with Crippen molar-refractivity contribution in [3.8, 4) is 0 Å². The zero-order chi connectivity index (χ0) is 64.5. The van der Waals surface area contributed by atoms with Gasteiger partial charge in [-0.3, -0.25) is 4.79 Å². The van der Waals surface area contributed by atoms with Crippen LogP contribution in [0.2, 0.25) is 0 Å². The molecule has 0 bridgehead atoms. The van der Waals surface area contributed by atoms with Gasteiger partial charge in [-0.1, -0.05) is 305 Å². The molecule has 1 amide bonds. The minimum Gasteiger partial charge on any atom is -0.394 e. The molecule has 0 aliphatic carbocycles. The quantitative estimate of drug-likeness (QED) is 0.0204. The van der Waals surface area contributed by atoms with Crippen molar-refractivity contribution in [2.24, 2.45) is 0 Å². The fourth-order valence-corrected chi connectivity index (χ4v) is 11.9. The molecule has 518 valence electrons. The Bertz CT molecular complexity index is 1770. The number of carbonyl (C=O) groups excluding carboxylic acids is 1. The zero-order valence-electron chi connectivity index (χ0n) is 56.4. The van der Waals surface area contributed by atoms with E-state index in [0.29, 0.717) is 6.42 Å². The predicted octanol–water partition coefficient (Wildman–Crippen LogP) is 15.4. The number of ether oxygens (including phenoxy) is 4. The number of allylic oxidation sites excluding steroid dienone is 11. The lowest BCUT2D eigenvalue weighted by molar-refractivity contribution is -0.359. The summed E-state index contributed by atoms with van der Waals surface area (Å²) in [5.74, 6) is -0.235. The number of rotatable bonds is 60. The number of hydrogen-bond acceptors (Lipinski definition) is 13. The minimum atomic E-state index is -1.79. The summed E-state index contributed by atoms with van der Waals surface area (Å²) in [5.41, 5.74) is 0. The maximum atomic E-state index is 13.3. The average Bonchev–Trinajstić information content (AvgIpc) is 2.74. The van der Waals surface area contributed by atoms with Gasteiger partial charge in [-0.05, 0) is 64.2 Å². The summed E-state index contributed by atoms with van der Waals surface area (Å²) < 4.78 is 22.8. The van der Waals surface area contributed by atoms with E-state index in [1.54, 1.807) is 6.08 Å². The molecule has 12 atom stereocenters. The number of unbranched alkanes of at least 4 members (excludes halogenated alkanes) is 37. The van der Waals surface area contributed by atoms with Crippen LogP contribution < -0.4 is 5.32 Å². The summed E-state index contributed by atoms with van der Waals surface area (Å²) in [5, 5.41) is 87.3. The number of aliphatic hydroxyl groups is 8. The van der Waals surface area contributed by atoms with Crippen LogP contribution in [-0.4, -0.2) is 140 Å². The van der Waals surface area contributed by atoms with Crippen LogP contribution in [0.1, 0.15) is 303 Å². The molecule has 0 aromatic carbocycles. The van der Waals surface area contributed by atoms with Crippen molar-refractivity contribution in [1.82, 2.24) is 5.32 Å². The van der Waals surface area contributed by atoms with Crippen molar-refractivity contribution in [3.63, 3.8) is 0 Å². The van der Waals surface area contributed by atoms with Crippen LogP contribution in [0.3, 0.4) is 0 Å². The van der Waals surface area contributed by atoms with Gasteiger partial charge in [0, 0.05) is 6.42 Å². The second-order valence-electron chi connectivity index (χ2n) is 25.7. The number of hydrogen-bond donors (Lipinski definition) is 9. The van der Waals surface area contributed by atoms with Crippen molar-refractivity contribution in [3.05, 3.63) is 72.9 Å². The molecule has 0 aromatic rings. The smallest absolute Gasteiger partial charge is 0.220 e. The topological polar surface area (TPSA) is 228 Å². The van der Waals surface area contributed by atoms with E-state index in [0.717, 1.165) is 70.6 Å². The minimum absolute atomic E-state index is 0.235. The van der Waals surface area contributed by atoms with E-state index >= 15 is 0 Å². The molecule has 2 fully saturated rings. The molecular weight excluding hydrogens is 1120 g/mol. The van der Waals surface area contributed by atoms with Gasteiger partial charge < -0.3 is 65.1 Å². The summed E-state index contributed by atoms with van der Waals surface area (Å²) >= 11 is 0. The predicted molar refractivity (Wildman–Crippen MR) is 364 cm³/mol. The highest BCUT2D eigenvalue weighted by Gasteiger charge is 2.51. The van der Waals surface area contributed by atoms with Gasteiger partial charge in [0.2, 0.25) is 5.91 Å². The maximum Gasteiger partial charge on any atom is 0.220 e. The molecule has 2 rings (SSSR count). The first-order chi connectivity index (χ1) is 43.6. The van der Waals surface area contributed by atoms with Gasteiger partial charge in [-0.25, -0.2) is 0 Å². The maximum absolute atomic E-state index is 13.3. The lowest BCUT2D eigenvalue weighted by Crippen LogP contribution is -2.65. The van der Waals surface area contributed by atoms with Gasteiger partial charge in [-0.15, -0.1) is 0 Å². The lowest BCUT2D eigenvalue weighted by Gasteiger charge is -2.46. The van der Waals surface area contributed by atoms with Crippen molar-refractivity contribution in [2.45, 2.75) is 376 Å². The van der Waals surface area contributed by atoms with E-state index < -0.39 is 86.8 Å². The number of carbonyl (C=O) groups is 1. The fourth-order valence-electron chi connectivity index (χ4n) is 11.9. The SMILES string of the molecule is CC/C=C\C/C=C\C/C=C\C/C=C\C/C=C\CCCCCCCCCCCCCCCCCCCCCCCCCCCC(=O)NC(COC1OC(CO)C(OC2OC(CO)C(O)C(O)C2O)C(O)C1O)C(O)/C=C/CCCCCCCCCCCCCC. The molecule has 9 N–H and O–H groups in total. The van der Waals surface area contributed by atoms with E-state index in [1.165, 1.54) is 205 Å². The fraction of sp³-hybridized carbons (Fsp3) is 0.827. The van der Waals surface area contributed by atoms with Gasteiger partial charge in [0.15, 0.2) is 12.6 Å². The summed E-state index contributed by atoms with van der Waals surface area (Å²) in [7, 11) is 0. The number of aliphatic hydroxyl groups excluding tert-OH is 8. The first-order valence-corrected chi connectivity index (χ1v) is 36.7. The van der Waals surface area contributed by atoms with Crippen LogP contribution in [0.15, 0.2) is 72.9 Å². The first-order valence-electron chi connectivity index (χ1n) is 36.7. The van der Waals surface area contributed by atoms with Gasteiger partial charge in [0.1, 0.15) is 48.8 Å². The van der Waals surface area contributed by atoms with E-state index in [1.807, 2.05) is 6.08 Å². The lowest BCUT2D eigenvalue weighted by atomic mass is 9.97. The second-order valence-corrected chi connectivity index (χ2v) is 25.7. The van der Waals surface area contributed by atoms with E-state index in [4.69, 9.17) is 18.9 Å². The first kappa shape index (κ1) is 82.5. The Balaban J connectivity index is 1.54. The molecule has 14 heteroatoms. The Morgan fingerprint density at radius 2 is 0.775 bits per heavy atom. The second kappa shape index (κ2) is 59.2. The van der Waals surface area contributed by atoms with E-state index in [-0.39, 0.29) is 18.9 Å². The summed E-state index contributed by atoms with van der Waals surface area (Å²) in [6, 6.07) is -0.914. The monoisotopic (exact) mass is 1260 g/mol. The summed E-state index contributed by atoms with van der Waals surface area (Å²) in [6.45, 7) is 2.70. The van der Waals surface area contributed by atoms with Crippen LogP contribution in [0.25, 0.3) is 0 Å². The van der Waals surface area contributed by atoms with Crippen LogP contribution >= 0.6 is 0 Å². The molecule has 2 heterocycles. The third-order valence-electron chi connectivity index (χ3n) is 17.6. The van der Waals surface area contributed by atoms with Gasteiger partial charge in [-0.2, -0.15) is 0 Å². The normalized spacial score (nSPS) is 23.4. The molecule has 0 spiro atoms. The molecule has 0 aromatic heterocycles. The number of nitrogens with one attached hydrogen (secondary N) is 1. The Hall–Kier alpha value is -2.57. The highest BCUT2D eigenvalue weighted by Crippen LogP contribution is 2.30. The third kappa shape index (κ3) is 43.1. The zero-order valence-corrected chi connectivity index (χ0v) is 56.4. The van der Waals surface area contributed by atoms with Crippen molar-refractivity contribution >= 4 is 5.91 Å². The van der Waals surface area contributed by atoms with Crippen LogP contribution in [0.4, 0.5) is 0 Å². The van der Waals surface area contributed by atoms with Gasteiger partial charge >= 0.3 is 0 Å². The summed E-state index contributed by atoms with van der Waals surface area (Å²) in [6.07, 6.45) is 64.2. The standard InChI is InChI=1S/C75H135NO13/c1-3-5-7-9-11-13-15-17-19-20-21-22-23-24-25-26-27-28-29-30-31-32-33-34-35-36-37-38-39-40-41-42-43-44-45-47-49-51-53-55-57-59-67(80)76-63(64(79)58-56-54-52-50-48-46-18-16-14-12-10-8-6-4-2)62-86-74-72(85)70(83)73(66(61-78)88-74)89-75-71(84)69(82)68(81)65(60-77)87-75/h5,7,11,13,17,19,21-22,24-25,56,58,63-66,68-75,77-79,81-85H,3-4,6,8-10,12,14-16,18,20,23,26-55,57,59-62H2,1-2H3,(H,76,80)/b7-5-,13-11-,19-17-,22-21-,25-24-,58-56+. The Kier molecular flexibility index (Phi) is 54.9. The van der Waals surface area contributed by atoms with E-state index in [9.17, 15) is 45.6 Å². The Morgan fingerprint density at radius 1 is 0.416 bits per heavy atom. The average molecular weight is 1260 g/mol. The molecule has 14 nitrogen and oxygen atoms in total. The Labute approximate surface area is 542 Å². The largest absolute Gasteiger partial charge is 0.394 e. The molecule has 89 heavy (non-hydrogen) atoms. The molecule has 0 radical (unpaired) electrons. The third-order valence-corrected chi connectivity index (χ3v) is 17.6. The highest BCUT2D eigenvalue weighted by atomic mass is 16.7. The van der Waals surface area contributed by atoms with Crippen LogP contribution in [0, 0.1) is 0 Å². The molecular formula is C75H135NO13. The molecule has 2 aliphatic rings. The van der Waals surface area contributed by atoms with Crippen LogP contribution in [-0.2, 0) is 23.7 Å².